The monoisotopic (exact) mass is 176 g/mol. The summed E-state index contributed by atoms with van der Waals surface area (Å²) in [5, 5.41) is 8.40. The van der Waals surface area contributed by atoms with Crippen molar-refractivity contribution in [3.63, 3.8) is 0 Å². The zero-order valence-corrected chi connectivity index (χ0v) is 9.20. The van der Waals surface area contributed by atoms with Crippen LogP contribution in [0.5, 0.6) is 0 Å². The molecule has 0 N–H and O–H groups in total. The fourth-order valence-corrected chi connectivity index (χ4v) is 1.55. The van der Waals surface area contributed by atoms with Crippen LogP contribution >= 0.6 is 0 Å². The SMILES string of the molecule is N#CCCN([SiH3])c1ccccc1. The molecule has 0 bridgehead atoms. The minimum Gasteiger partial charge on any atom is -0.405 e. The Morgan fingerprint density at radius 1 is 1.33 bits per heavy atom. The molecule has 0 aliphatic carbocycles. The largest absolute Gasteiger partial charge is 0.405 e. The van der Waals surface area contributed by atoms with Crippen molar-refractivity contribution in [2.75, 3.05) is 11.1 Å². The lowest BCUT2D eigenvalue weighted by molar-refractivity contribution is 1.000. The maximum absolute atomic E-state index is 8.40. The lowest BCUT2D eigenvalue weighted by Crippen LogP contribution is -2.19. The van der Waals surface area contributed by atoms with Gasteiger partial charge in [0, 0.05) is 12.2 Å². The number of rotatable bonds is 3. The first-order valence-corrected chi connectivity index (χ1v) is 4.87. The second-order valence-electron chi connectivity index (χ2n) is 2.67. The van der Waals surface area contributed by atoms with E-state index in [0.29, 0.717) is 6.42 Å². The summed E-state index contributed by atoms with van der Waals surface area (Å²) >= 11 is 0. The third-order valence-electron chi connectivity index (χ3n) is 1.76. The molecule has 2 nitrogen and oxygen atoms in total. The third-order valence-corrected chi connectivity index (χ3v) is 2.72. The fourth-order valence-electron chi connectivity index (χ4n) is 1.03. The minimum atomic E-state index is 0.610. The van der Waals surface area contributed by atoms with Gasteiger partial charge >= 0.3 is 0 Å². The highest BCUT2D eigenvalue weighted by molar-refractivity contribution is 6.17. The lowest BCUT2D eigenvalue weighted by Gasteiger charge is -2.17. The van der Waals surface area contributed by atoms with Gasteiger partial charge in [-0.2, -0.15) is 5.26 Å². The van der Waals surface area contributed by atoms with Gasteiger partial charge < -0.3 is 4.57 Å². The van der Waals surface area contributed by atoms with E-state index in [1.807, 2.05) is 18.2 Å². The average molecular weight is 176 g/mol. The molecule has 0 aliphatic rings. The van der Waals surface area contributed by atoms with Crippen molar-refractivity contribution >= 4 is 16.1 Å². The standard InChI is InChI=1S/C9H12N2Si/c10-7-4-8-11(12)9-5-2-1-3-6-9/h1-3,5-6H,4,8H2,12H3. The van der Waals surface area contributed by atoms with E-state index in [-0.39, 0.29) is 0 Å². The second kappa shape index (κ2) is 4.57. The molecule has 0 saturated carbocycles. The van der Waals surface area contributed by atoms with Crippen LogP contribution in [0.2, 0.25) is 0 Å². The predicted octanol–water partition coefficient (Wildman–Crippen LogP) is 0.687. The summed E-state index contributed by atoms with van der Waals surface area (Å²) < 4.78 is 2.21. The van der Waals surface area contributed by atoms with Crippen LogP contribution in [0.4, 0.5) is 5.69 Å². The first-order valence-electron chi connectivity index (χ1n) is 3.97. The van der Waals surface area contributed by atoms with Crippen LogP contribution in [0.25, 0.3) is 0 Å². The number of hydrogen-bond acceptors (Lipinski definition) is 2. The molecule has 0 amide bonds. The Morgan fingerprint density at radius 2 is 2.00 bits per heavy atom. The normalized spacial score (nSPS) is 9.25. The van der Waals surface area contributed by atoms with Crippen molar-refractivity contribution in [1.29, 1.82) is 5.26 Å². The van der Waals surface area contributed by atoms with Gasteiger partial charge in [0.25, 0.3) is 0 Å². The Hall–Kier alpha value is -1.27. The number of para-hydroxylation sites is 1. The van der Waals surface area contributed by atoms with Crippen molar-refractivity contribution in [2.45, 2.75) is 6.42 Å². The van der Waals surface area contributed by atoms with Gasteiger partial charge in [-0.1, -0.05) is 18.2 Å². The van der Waals surface area contributed by atoms with Crippen LogP contribution in [-0.4, -0.2) is 16.9 Å². The Labute approximate surface area is 75.9 Å². The van der Waals surface area contributed by atoms with Gasteiger partial charge in [-0.25, -0.2) is 0 Å². The molecule has 3 heteroatoms. The minimum absolute atomic E-state index is 0.610. The molecule has 1 rings (SSSR count). The van der Waals surface area contributed by atoms with E-state index >= 15 is 0 Å². The molecule has 0 saturated heterocycles. The van der Waals surface area contributed by atoms with Crippen molar-refractivity contribution in [3.05, 3.63) is 30.3 Å². The number of benzene rings is 1. The van der Waals surface area contributed by atoms with Gasteiger partial charge in [-0.3, -0.25) is 0 Å². The molecule has 0 aliphatic heterocycles. The predicted molar refractivity (Wildman–Crippen MR) is 54.0 cm³/mol. The maximum Gasteiger partial charge on any atom is 0.107 e. The van der Waals surface area contributed by atoms with Crippen LogP contribution in [0, 0.1) is 11.3 Å². The summed E-state index contributed by atoms with van der Waals surface area (Å²) in [5.74, 6) is 0. The summed E-state index contributed by atoms with van der Waals surface area (Å²) in [6, 6.07) is 12.3. The molecule has 0 fully saturated rings. The molecule has 1 aromatic carbocycles. The van der Waals surface area contributed by atoms with Crippen LogP contribution in [-0.2, 0) is 0 Å². The summed E-state index contributed by atoms with van der Waals surface area (Å²) in [5.41, 5.74) is 1.22. The lowest BCUT2D eigenvalue weighted by atomic mass is 10.3. The molecule has 0 aromatic heterocycles. The van der Waals surface area contributed by atoms with E-state index < -0.39 is 0 Å². The summed E-state index contributed by atoms with van der Waals surface area (Å²) in [6.07, 6.45) is 0.610. The molecule has 0 radical (unpaired) electrons. The smallest absolute Gasteiger partial charge is 0.107 e. The highest BCUT2D eigenvalue weighted by Gasteiger charge is 1.96. The van der Waals surface area contributed by atoms with Gasteiger partial charge in [0.05, 0.1) is 12.5 Å². The Bertz CT molecular complexity index is 266. The van der Waals surface area contributed by atoms with Gasteiger partial charge in [0.2, 0.25) is 0 Å². The first kappa shape index (κ1) is 8.82. The molecule has 0 heterocycles. The van der Waals surface area contributed by atoms with Crippen LogP contribution < -0.4 is 4.57 Å². The van der Waals surface area contributed by atoms with E-state index in [9.17, 15) is 0 Å². The molecule has 62 valence electrons. The molecule has 1 aromatic rings. The zero-order valence-electron chi connectivity index (χ0n) is 7.20. The molecule has 0 spiro atoms. The van der Waals surface area contributed by atoms with E-state index in [0.717, 1.165) is 16.9 Å². The van der Waals surface area contributed by atoms with E-state index in [1.165, 1.54) is 5.69 Å². The Balaban J connectivity index is 2.55. The van der Waals surface area contributed by atoms with Gasteiger partial charge in [0.1, 0.15) is 10.4 Å². The van der Waals surface area contributed by atoms with Crippen LogP contribution in [0.15, 0.2) is 30.3 Å². The van der Waals surface area contributed by atoms with E-state index in [2.05, 4.69) is 22.8 Å². The maximum atomic E-state index is 8.40. The quantitative estimate of drug-likeness (QED) is 0.634. The highest BCUT2D eigenvalue weighted by Crippen LogP contribution is 2.09. The second-order valence-corrected chi connectivity index (χ2v) is 3.74. The van der Waals surface area contributed by atoms with Crippen LogP contribution in [0.1, 0.15) is 6.42 Å². The fraction of sp³-hybridized carbons (Fsp3) is 0.222. The van der Waals surface area contributed by atoms with E-state index in [4.69, 9.17) is 5.26 Å². The highest BCUT2D eigenvalue weighted by atomic mass is 28.2. The van der Waals surface area contributed by atoms with Gasteiger partial charge in [-0.15, -0.1) is 0 Å². The Morgan fingerprint density at radius 3 is 2.58 bits per heavy atom. The molecule has 0 atom stereocenters. The summed E-state index contributed by atoms with van der Waals surface area (Å²) in [4.78, 5) is 0. The summed E-state index contributed by atoms with van der Waals surface area (Å²) in [6.45, 7) is 0.854. The van der Waals surface area contributed by atoms with Crippen molar-refractivity contribution in [3.8, 4) is 6.07 Å². The number of anilines is 1. The molecule has 12 heavy (non-hydrogen) atoms. The molecule has 0 unspecified atom stereocenters. The molecular weight excluding hydrogens is 164 g/mol. The van der Waals surface area contributed by atoms with Crippen molar-refractivity contribution in [1.82, 2.24) is 0 Å². The number of hydrogen-bond donors (Lipinski definition) is 0. The number of nitrogens with zero attached hydrogens (tertiary/aromatic N) is 2. The number of nitriles is 1. The zero-order chi connectivity index (χ0) is 8.81. The topological polar surface area (TPSA) is 27.0 Å². The summed E-state index contributed by atoms with van der Waals surface area (Å²) in [7, 11) is 0.973. The van der Waals surface area contributed by atoms with Crippen molar-refractivity contribution < 1.29 is 0 Å². The van der Waals surface area contributed by atoms with Crippen LogP contribution in [0.3, 0.4) is 0 Å². The first-order chi connectivity index (χ1) is 5.84. The van der Waals surface area contributed by atoms with Gasteiger partial charge in [0.15, 0.2) is 0 Å². The molecular formula is C9H12N2Si. The Kier molecular flexibility index (Phi) is 3.36. The van der Waals surface area contributed by atoms with Gasteiger partial charge in [-0.05, 0) is 12.1 Å². The van der Waals surface area contributed by atoms with E-state index in [1.54, 1.807) is 0 Å². The average Bonchev–Trinajstić information content (AvgIpc) is 2.15. The van der Waals surface area contributed by atoms with Crippen molar-refractivity contribution in [2.24, 2.45) is 0 Å². The third kappa shape index (κ3) is 2.40.